The van der Waals surface area contributed by atoms with Gasteiger partial charge in [0, 0.05) is 29.9 Å². The van der Waals surface area contributed by atoms with E-state index in [1.54, 1.807) is 37.5 Å². The highest BCUT2D eigenvalue weighted by atomic mass is 35.5. The first-order valence-electron chi connectivity index (χ1n) is 9.54. The molecule has 0 fully saturated rings. The summed E-state index contributed by atoms with van der Waals surface area (Å²) in [7, 11) is 1.67. The summed E-state index contributed by atoms with van der Waals surface area (Å²) in [6.07, 6.45) is 12.4. The fourth-order valence-electron chi connectivity index (χ4n) is 2.95. The largest absolute Gasteiger partial charge is 0.324 e. The number of halogens is 2. The number of allylic oxidation sites excluding steroid dienone is 5. The molecule has 154 valence electrons. The van der Waals surface area contributed by atoms with Crippen molar-refractivity contribution in [1.29, 1.82) is 0 Å². The number of hydrogen-bond acceptors (Lipinski definition) is 4. The standard InChI is InChI=1S/C23H22Cl2N4O/c1-4-6-9-16(10-7-5-2)27-23-26-14-15-13-17(22(30)29(3)21(15)28-23)20-18(24)11-8-12-19(20)25/h4,6-14H,5H2,1-3H3,(H,26,27,28)/b6-4-,10-7-,16-9+. The summed E-state index contributed by atoms with van der Waals surface area (Å²) in [5.41, 5.74) is 2.03. The highest BCUT2D eigenvalue weighted by Gasteiger charge is 2.16. The number of nitrogens with zero attached hydrogens (tertiary/aromatic N) is 3. The van der Waals surface area contributed by atoms with Crippen molar-refractivity contribution in [3.8, 4) is 11.1 Å². The minimum Gasteiger partial charge on any atom is -0.324 e. The van der Waals surface area contributed by atoms with Crippen LogP contribution in [0.1, 0.15) is 20.3 Å². The van der Waals surface area contributed by atoms with E-state index in [2.05, 4.69) is 22.2 Å². The second-order valence-electron chi connectivity index (χ2n) is 6.57. The smallest absolute Gasteiger partial charge is 0.259 e. The molecule has 1 N–H and O–H groups in total. The third kappa shape index (κ3) is 4.64. The number of rotatable bonds is 6. The molecule has 0 bridgehead atoms. The monoisotopic (exact) mass is 440 g/mol. The molecule has 0 saturated heterocycles. The molecular weight excluding hydrogens is 419 g/mol. The molecule has 0 saturated carbocycles. The van der Waals surface area contributed by atoms with Crippen LogP contribution in [-0.2, 0) is 7.05 Å². The normalized spacial score (nSPS) is 12.4. The van der Waals surface area contributed by atoms with Gasteiger partial charge in [0.1, 0.15) is 5.65 Å². The van der Waals surface area contributed by atoms with Crippen molar-refractivity contribution in [3.63, 3.8) is 0 Å². The second-order valence-corrected chi connectivity index (χ2v) is 7.39. The van der Waals surface area contributed by atoms with Crippen LogP contribution in [0.3, 0.4) is 0 Å². The maximum Gasteiger partial charge on any atom is 0.259 e. The molecule has 0 aliphatic heterocycles. The molecule has 0 spiro atoms. The van der Waals surface area contributed by atoms with Crippen LogP contribution in [0.15, 0.2) is 71.3 Å². The van der Waals surface area contributed by atoms with Gasteiger partial charge in [0.05, 0.1) is 15.6 Å². The molecule has 0 unspecified atom stereocenters. The number of aromatic nitrogens is 3. The Kier molecular flexibility index (Phi) is 7.08. The van der Waals surface area contributed by atoms with Crippen LogP contribution in [0.2, 0.25) is 10.0 Å². The minimum atomic E-state index is -0.238. The van der Waals surface area contributed by atoms with Gasteiger partial charge < -0.3 is 5.32 Å². The zero-order valence-corrected chi connectivity index (χ0v) is 18.5. The Labute approximate surface area is 185 Å². The van der Waals surface area contributed by atoms with Crippen LogP contribution >= 0.6 is 23.2 Å². The van der Waals surface area contributed by atoms with Crippen LogP contribution in [0.5, 0.6) is 0 Å². The number of anilines is 1. The number of benzene rings is 1. The van der Waals surface area contributed by atoms with Gasteiger partial charge in [0.2, 0.25) is 5.95 Å². The number of aryl methyl sites for hydroxylation is 1. The fraction of sp³-hybridized carbons (Fsp3) is 0.174. The minimum absolute atomic E-state index is 0.238. The van der Waals surface area contributed by atoms with E-state index in [0.717, 1.165) is 12.1 Å². The molecule has 0 amide bonds. The second kappa shape index (κ2) is 9.74. The summed E-state index contributed by atoms with van der Waals surface area (Å²) < 4.78 is 1.48. The van der Waals surface area contributed by atoms with Crippen LogP contribution in [0, 0.1) is 0 Å². The van der Waals surface area contributed by atoms with E-state index in [1.807, 2.05) is 37.3 Å². The Morgan fingerprint density at radius 2 is 2.00 bits per heavy atom. The summed E-state index contributed by atoms with van der Waals surface area (Å²) >= 11 is 12.6. The molecule has 30 heavy (non-hydrogen) atoms. The Bertz CT molecular complexity index is 1210. The molecular formula is C23H22Cl2N4O. The van der Waals surface area contributed by atoms with Crippen LogP contribution in [0.4, 0.5) is 5.95 Å². The van der Waals surface area contributed by atoms with E-state index in [0.29, 0.717) is 38.2 Å². The average Bonchev–Trinajstić information content (AvgIpc) is 2.73. The van der Waals surface area contributed by atoms with Crippen molar-refractivity contribution in [2.75, 3.05) is 5.32 Å². The number of hydrogen-bond donors (Lipinski definition) is 1. The molecule has 3 aromatic rings. The quantitative estimate of drug-likeness (QED) is 0.467. The lowest BCUT2D eigenvalue weighted by Gasteiger charge is -2.12. The van der Waals surface area contributed by atoms with Gasteiger partial charge in [-0.15, -0.1) is 0 Å². The first-order chi connectivity index (χ1) is 14.5. The summed E-state index contributed by atoms with van der Waals surface area (Å²) in [5.74, 6) is 0.400. The summed E-state index contributed by atoms with van der Waals surface area (Å²) in [5, 5.41) is 4.73. The van der Waals surface area contributed by atoms with Gasteiger partial charge in [-0.2, -0.15) is 4.98 Å². The topological polar surface area (TPSA) is 59.8 Å². The Morgan fingerprint density at radius 1 is 1.27 bits per heavy atom. The van der Waals surface area contributed by atoms with Gasteiger partial charge >= 0.3 is 0 Å². The van der Waals surface area contributed by atoms with Crippen molar-refractivity contribution < 1.29 is 0 Å². The van der Waals surface area contributed by atoms with Gasteiger partial charge in [-0.05, 0) is 43.7 Å². The van der Waals surface area contributed by atoms with E-state index in [9.17, 15) is 4.79 Å². The maximum atomic E-state index is 13.0. The fourth-order valence-corrected chi connectivity index (χ4v) is 3.55. The molecule has 0 radical (unpaired) electrons. The molecule has 0 aliphatic carbocycles. The number of pyridine rings is 1. The van der Waals surface area contributed by atoms with Crippen molar-refractivity contribution in [1.82, 2.24) is 14.5 Å². The first-order valence-corrected chi connectivity index (χ1v) is 10.3. The van der Waals surface area contributed by atoms with Gasteiger partial charge in [0.15, 0.2) is 0 Å². The Morgan fingerprint density at radius 3 is 2.67 bits per heavy atom. The zero-order valence-electron chi connectivity index (χ0n) is 17.0. The van der Waals surface area contributed by atoms with Crippen LogP contribution in [-0.4, -0.2) is 14.5 Å². The zero-order chi connectivity index (χ0) is 21.7. The third-order valence-corrected chi connectivity index (χ3v) is 5.07. The first kappa shape index (κ1) is 21.8. The third-order valence-electron chi connectivity index (χ3n) is 4.44. The van der Waals surface area contributed by atoms with E-state index in [4.69, 9.17) is 23.2 Å². The van der Waals surface area contributed by atoms with Crippen LogP contribution in [0.25, 0.3) is 22.2 Å². The highest BCUT2D eigenvalue weighted by molar-refractivity contribution is 6.39. The van der Waals surface area contributed by atoms with Gasteiger partial charge in [0.25, 0.3) is 5.56 Å². The molecule has 3 rings (SSSR count). The lowest BCUT2D eigenvalue weighted by molar-refractivity contribution is 0.887. The molecule has 1 aromatic carbocycles. The van der Waals surface area contributed by atoms with E-state index in [1.165, 1.54) is 4.57 Å². The van der Waals surface area contributed by atoms with Crippen LogP contribution < -0.4 is 10.9 Å². The molecule has 2 heterocycles. The lowest BCUT2D eigenvalue weighted by atomic mass is 10.1. The number of fused-ring (bicyclic) bond motifs is 1. The summed E-state index contributed by atoms with van der Waals surface area (Å²) in [4.78, 5) is 22.0. The van der Waals surface area contributed by atoms with E-state index < -0.39 is 0 Å². The molecule has 7 heteroatoms. The number of nitrogens with one attached hydrogen (secondary N) is 1. The average molecular weight is 441 g/mol. The van der Waals surface area contributed by atoms with Crippen molar-refractivity contribution >= 4 is 40.2 Å². The Balaban J connectivity index is 2.09. The molecule has 0 atom stereocenters. The summed E-state index contributed by atoms with van der Waals surface area (Å²) in [6.45, 7) is 4.01. The molecule has 5 nitrogen and oxygen atoms in total. The summed E-state index contributed by atoms with van der Waals surface area (Å²) in [6, 6.07) is 6.88. The van der Waals surface area contributed by atoms with Gasteiger partial charge in [-0.3, -0.25) is 9.36 Å². The highest BCUT2D eigenvalue weighted by Crippen LogP contribution is 2.33. The van der Waals surface area contributed by atoms with Gasteiger partial charge in [-0.1, -0.05) is 54.4 Å². The maximum absolute atomic E-state index is 13.0. The van der Waals surface area contributed by atoms with Crippen molar-refractivity contribution in [2.45, 2.75) is 20.3 Å². The van der Waals surface area contributed by atoms with Gasteiger partial charge in [-0.25, -0.2) is 4.98 Å². The van der Waals surface area contributed by atoms with Crippen molar-refractivity contribution in [2.24, 2.45) is 7.05 Å². The van der Waals surface area contributed by atoms with E-state index >= 15 is 0 Å². The predicted octanol–water partition coefficient (Wildman–Crippen LogP) is 6.14. The predicted molar refractivity (Wildman–Crippen MR) is 126 cm³/mol. The molecule has 2 aromatic heterocycles. The Hall–Kier alpha value is -2.89. The van der Waals surface area contributed by atoms with E-state index in [-0.39, 0.29) is 5.56 Å². The SMILES string of the molecule is C\C=C/C=C(\C=C/CC)Nc1ncc2cc(-c3c(Cl)cccc3Cl)c(=O)n(C)c2n1. The van der Waals surface area contributed by atoms with Crippen molar-refractivity contribution in [3.05, 3.63) is 86.9 Å². The molecule has 0 aliphatic rings. The lowest BCUT2D eigenvalue weighted by Crippen LogP contribution is -2.20.